The maximum Gasteiger partial charge on any atom is 0.326 e. The van der Waals surface area contributed by atoms with E-state index in [4.69, 9.17) is 9.47 Å². The van der Waals surface area contributed by atoms with Crippen molar-refractivity contribution in [3.8, 4) is 5.75 Å². The van der Waals surface area contributed by atoms with Crippen LogP contribution in [0.25, 0.3) is 0 Å². The molecular weight excluding hydrogens is 388 g/mol. The standard InChI is InChI=1S/C22H22N2O6/c1-14-7-8-18(15(2)11-14)29-10-9-23-19(25)13-30-20(26)12-24-21(27)16-5-3-4-6-17(16)22(24)28/h3-8,11H,9-10,12-13H2,1-2H3,(H,23,25). The summed E-state index contributed by atoms with van der Waals surface area (Å²) in [4.78, 5) is 49.0. The Labute approximate surface area is 173 Å². The zero-order valence-corrected chi connectivity index (χ0v) is 16.8. The third kappa shape index (κ3) is 4.83. The molecule has 0 radical (unpaired) electrons. The summed E-state index contributed by atoms with van der Waals surface area (Å²) in [5.41, 5.74) is 2.63. The number of imide groups is 1. The number of carbonyl (C=O) groups excluding carboxylic acids is 4. The quantitative estimate of drug-likeness (QED) is 0.403. The van der Waals surface area contributed by atoms with E-state index in [1.165, 1.54) is 12.1 Å². The van der Waals surface area contributed by atoms with E-state index in [9.17, 15) is 19.2 Å². The first-order valence-electron chi connectivity index (χ1n) is 9.44. The summed E-state index contributed by atoms with van der Waals surface area (Å²) in [6.07, 6.45) is 0. The lowest BCUT2D eigenvalue weighted by Gasteiger charge is -2.13. The number of hydrogen-bond donors (Lipinski definition) is 1. The van der Waals surface area contributed by atoms with Crippen molar-refractivity contribution in [1.29, 1.82) is 0 Å². The first-order chi connectivity index (χ1) is 14.4. The molecule has 1 aliphatic rings. The SMILES string of the molecule is Cc1ccc(OCCNC(=O)COC(=O)CN2C(=O)c3ccccc3C2=O)c(C)c1. The molecule has 8 heteroatoms. The van der Waals surface area contributed by atoms with Gasteiger partial charge in [-0.3, -0.25) is 24.1 Å². The van der Waals surface area contributed by atoms with Crippen molar-refractivity contribution in [2.24, 2.45) is 0 Å². The zero-order valence-electron chi connectivity index (χ0n) is 16.8. The van der Waals surface area contributed by atoms with Crippen molar-refractivity contribution in [2.45, 2.75) is 13.8 Å². The predicted octanol–water partition coefficient (Wildman–Crippen LogP) is 1.64. The van der Waals surface area contributed by atoms with Crippen molar-refractivity contribution in [1.82, 2.24) is 10.2 Å². The van der Waals surface area contributed by atoms with Gasteiger partial charge in [-0.15, -0.1) is 0 Å². The number of esters is 1. The second kappa shape index (κ2) is 9.21. The molecule has 2 aromatic rings. The Bertz CT molecular complexity index is 966. The molecule has 0 aliphatic carbocycles. The first kappa shape index (κ1) is 21.0. The van der Waals surface area contributed by atoms with Gasteiger partial charge in [0, 0.05) is 0 Å². The van der Waals surface area contributed by atoms with Crippen molar-refractivity contribution < 1.29 is 28.7 Å². The number of nitrogens with one attached hydrogen (secondary N) is 1. The van der Waals surface area contributed by atoms with Gasteiger partial charge in [0.25, 0.3) is 17.7 Å². The summed E-state index contributed by atoms with van der Waals surface area (Å²) in [6, 6.07) is 12.1. The molecule has 0 unspecified atom stereocenters. The number of hydrogen-bond acceptors (Lipinski definition) is 6. The number of ether oxygens (including phenoxy) is 2. The average Bonchev–Trinajstić information content (AvgIpc) is 2.96. The van der Waals surface area contributed by atoms with Crippen LogP contribution in [0.4, 0.5) is 0 Å². The van der Waals surface area contributed by atoms with Crippen LogP contribution in [0.1, 0.15) is 31.8 Å². The fraction of sp³-hybridized carbons (Fsp3) is 0.273. The van der Waals surface area contributed by atoms with Gasteiger partial charge in [-0.2, -0.15) is 0 Å². The molecule has 0 spiro atoms. The molecule has 3 amide bonds. The summed E-state index contributed by atoms with van der Waals surface area (Å²) in [5, 5.41) is 2.58. The third-order valence-electron chi connectivity index (χ3n) is 4.54. The van der Waals surface area contributed by atoms with Crippen LogP contribution in [0.15, 0.2) is 42.5 Å². The molecule has 2 aromatic carbocycles. The van der Waals surface area contributed by atoms with Crippen LogP contribution in [-0.2, 0) is 14.3 Å². The minimum atomic E-state index is -0.841. The number of benzene rings is 2. The minimum Gasteiger partial charge on any atom is -0.491 e. The number of carbonyl (C=O) groups is 4. The van der Waals surface area contributed by atoms with Crippen LogP contribution in [0.5, 0.6) is 5.75 Å². The molecule has 156 valence electrons. The molecule has 8 nitrogen and oxygen atoms in total. The van der Waals surface area contributed by atoms with Gasteiger partial charge in [-0.25, -0.2) is 0 Å². The van der Waals surface area contributed by atoms with Crippen molar-refractivity contribution in [3.63, 3.8) is 0 Å². The van der Waals surface area contributed by atoms with Gasteiger partial charge in [-0.05, 0) is 37.6 Å². The van der Waals surface area contributed by atoms with Crippen molar-refractivity contribution in [3.05, 3.63) is 64.7 Å². The molecule has 0 bridgehead atoms. The van der Waals surface area contributed by atoms with E-state index in [1.807, 2.05) is 32.0 Å². The van der Waals surface area contributed by atoms with Gasteiger partial charge >= 0.3 is 5.97 Å². The zero-order chi connectivity index (χ0) is 21.7. The third-order valence-corrected chi connectivity index (χ3v) is 4.54. The Hall–Kier alpha value is -3.68. The van der Waals surface area contributed by atoms with E-state index in [1.54, 1.807) is 12.1 Å². The highest BCUT2D eigenvalue weighted by molar-refractivity contribution is 6.22. The molecule has 0 atom stereocenters. The Morgan fingerprint density at radius 3 is 2.30 bits per heavy atom. The molecule has 0 saturated carbocycles. The molecular formula is C22H22N2O6. The van der Waals surface area contributed by atoms with E-state index in [0.29, 0.717) is 0 Å². The second-order valence-corrected chi connectivity index (χ2v) is 6.87. The van der Waals surface area contributed by atoms with Crippen LogP contribution in [0.3, 0.4) is 0 Å². The maximum absolute atomic E-state index is 12.2. The highest BCUT2D eigenvalue weighted by Gasteiger charge is 2.36. The molecule has 1 aliphatic heterocycles. The number of amides is 3. The normalized spacial score (nSPS) is 12.5. The van der Waals surface area contributed by atoms with Gasteiger partial charge < -0.3 is 14.8 Å². The summed E-state index contributed by atoms with van der Waals surface area (Å²) in [5.74, 6) is -1.72. The monoisotopic (exact) mass is 410 g/mol. The van der Waals surface area contributed by atoms with Crippen LogP contribution < -0.4 is 10.1 Å². The Kier molecular flexibility index (Phi) is 6.46. The predicted molar refractivity (Wildman–Crippen MR) is 107 cm³/mol. The summed E-state index contributed by atoms with van der Waals surface area (Å²) < 4.78 is 10.5. The van der Waals surface area contributed by atoms with Gasteiger partial charge in [0.2, 0.25) is 0 Å². The molecule has 30 heavy (non-hydrogen) atoms. The van der Waals surface area contributed by atoms with E-state index in [-0.39, 0.29) is 24.3 Å². The Balaban J connectivity index is 1.37. The summed E-state index contributed by atoms with van der Waals surface area (Å²) in [6.45, 7) is 3.38. The summed E-state index contributed by atoms with van der Waals surface area (Å²) >= 11 is 0. The Morgan fingerprint density at radius 2 is 1.67 bits per heavy atom. The fourth-order valence-corrected chi connectivity index (χ4v) is 3.07. The van der Waals surface area contributed by atoms with Crippen LogP contribution in [0, 0.1) is 13.8 Å². The van der Waals surface area contributed by atoms with E-state index < -0.39 is 36.8 Å². The van der Waals surface area contributed by atoms with Gasteiger partial charge in [-0.1, -0.05) is 29.8 Å². The van der Waals surface area contributed by atoms with E-state index in [2.05, 4.69) is 5.32 Å². The lowest BCUT2D eigenvalue weighted by Crippen LogP contribution is -2.37. The van der Waals surface area contributed by atoms with E-state index in [0.717, 1.165) is 21.8 Å². The van der Waals surface area contributed by atoms with Gasteiger partial charge in [0.1, 0.15) is 18.9 Å². The largest absolute Gasteiger partial charge is 0.491 e. The lowest BCUT2D eigenvalue weighted by atomic mass is 10.1. The second-order valence-electron chi connectivity index (χ2n) is 6.87. The molecule has 3 rings (SSSR count). The van der Waals surface area contributed by atoms with Crippen LogP contribution >= 0.6 is 0 Å². The summed E-state index contributed by atoms with van der Waals surface area (Å²) in [7, 11) is 0. The minimum absolute atomic E-state index is 0.238. The number of aryl methyl sites for hydroxylation is 2. The topological polar surface area (TPSA) is 102 Å². The molecule has 0 saturated heterocycles. The van der Waals surface area contributed by atoms with E-state index >= 15 is 0 Å². The van der Waals surface area contributed by atoms with Gasteiger partial charge in [0.05, 0.1) is 17.7 Å². The lowest BCUT2D eigenvalue weighted by molar-refractivity contribution is -0.148. The molecule has 1 heterocycles. The molecule has 0 fully saturated rings. The number of fused-ring (bicyclic) bond motifs is 1. The number of nitrogens with zero attached hydrogens (tertiary/aromatic N) is 1. The molecule has 1 N–H and O–H groups in total. The highest BCUT2D eigenvalue weighted by atomic mass is 16.5. The average molecular weight is 410 g/mol. The maximum atomic E-state index is 12.2. The fourth-order valence-electron chi connectivity index (χ4n) is 3.07. The van der Waals surface area contributed by atoms with Crippen LogP contribution in [-0.4, -0.2) is 54.9 Å². The van der Waals surface area contributed by atoms with Gasteiger partial charge in [0.15, 0.2) is 6.61 Å². The first-order valence-corrected chi connectivity index (χ1v) is 9.44. The van der Waals surface area contributed by atoms with Crippen LogP contribution in [0.2, 0.25) is 0 Å². The van der Waals surface area contributed by atoms with Crippen molar-refractivity contribution >= 4 is 23.7 Å². The smallest absolute Gasteiger partial charge is 0.326 e. The highest BCUT2D eigenvalue weighted by Crippen LogP contribution is 2.22. The van der Waals surface area contributed by atoms with Crippen molar-refractivity contribution in [2.75, 3.05) is 26.3 Å². The molecule has 0 aromatic heterocycles. The Morgan fingerprint density at radius 1 is 1.00 bits per heavy atom. The number of rotatable bonds is 8.